The van der Waals surface area contributed by atoms with Gasteiger partial charge in [0.2, 0.25) is 29.5 Å². The average Bonchev–Trinajstić information content (AvgIpc) is 2.83. The summed E-state index contributed by atoms with van der Waals surface area (Å²) >= 11 is 0. The second-order valence-electron chi connectivity index (χ2n) is 8.29. The minimum atomic E-state index is -1.44. The summed E-state index contributed by atoms with van der Waals surface area (Å²) in [5, 5.41) is 25.4. The van der Waals surface area contributed by atoms with E-state index < -0.39 is 78.8 Å². The van der Waals surface area contributed by atoms with E-state index in [-0.39, 0.29) is 44.6 Å². The van der Waals surface area contributed by atoms with E-state index >= 15 is 0 Å². The molecule has 214 valence electrons. The van der Waals surface area contributed by atoms with Crippen molar-refractivity contribution < 1.29 is 40.0 Å². The Labute approximate surface area is 220 Å². The van der Waals surface area contributed by atoms with Crippen LogP contribution in [-0.4, -0.2) is 83.5 Å². The molecule has 38 heavy (non-hydrogen) atoms. The quantitative estimate of drug-likeness (QED) is 0.0301. The third-order valence-corrected chi connectivity index (χ3v) is 5.16. The normalized spacial score (nSPS) is 14.0. The molecule has 0 fully saturated rings. The second kappa shape index (κ2) is 18.0. The molecule has 0 rings (SSSR count). The van der Waals surface area contributed by atoms with E-state index in [9.17, 15) is 33.6 Å². The highest BCUT2D eigenvalue weighted by atomic mass is 16.4. The third-order valence-electron chi connectivity index (χ3n) is 5.16. The Morgan fingerprint density at radius 3 is 1.95 bits per heavy atom. The van der Waals surface area contributed by atoms with Crippen molar-refractivity contribution in [2.45, 2.75) is 75.5 Å². The van der Waals surface area contributed by atoms with Gasteiger partial charge in [-0.3, -0.25) is 34.2 Å². The van der Waals surface area contributed by atoms with Gasteiger partial charge in [0.1, 0.15) is 25.8 Å². The SMILES string of the molecule is [3H]C(=O)CCC(NC(=O)C(CCC(=O)NC(CCCNC(=N)N)C(N)=O)NC(=O)C(N)CCC(=O)O)C(N)=O. The molecule has 0 saturated heterocycles. The van der Waals surface area contributed by atoms with Gasteiger partial charge >= 0.3 is 5.97 Å². The third kappa shape index (κ3) is 15.0. The number of nitrogens with one attached hydrogen (secondary N) is 5. The lowest BCUT2D eigenvalue weighted by atomic mass is 10.1. The fraction of sp³-hybridized carbons (Fsp3) is 0.619. The lowest BCUT2D eigenvalue weighted by molar-refractivity contribution is -0.137. The van der Waals surface area contributed by atoms with Gasteiger partial charge in [0, 0.05) is 25.8 Å². The molecule has 4 unspecified atom stereocenters. The molecule has 14 N–H and O–H groups in total. The standard InChI is InChI=1S/C21H37N9O8/c22-11(5-8-16(33)34)19(37)30-14(20(38)29-13(18(24)36)4-2-10-31)6-7-15(32)28-12(17(23)35)3-1-9-27-21(25)26/h10-14H,1-9,22H2,(H2,23,35)(H2,24,36)(H,28,32)(H,29,38)(H,30,37)(H,33,34)(H4,25,26,27)/i10T. The van der Waals surface area contributed by atoms with Gasteiger partial charge in [-0.25, -0.2) is 0 Å². The molecule has 0 saturated carbocycles. The summed E-state index contributed by atoms with van der Waals surface area (Å²) in [5.41, 5.74) is 21.4. The molecule has 0 aliphatic heterocycles. The number of carboxylic acids is 1. The highest BCUT2D eigenvalue weighted by Gasteiger charge is 2.28. The molecule has 0 aromatic heterocycles. The first-order valence-electron chi connectivity index (χ1n) is 12.2. The largest absolute Gasteiger partial charge is 0.481 e. The molecular formula is C21H37N9O8. The van der Waals surface area contributed by atoms with Crippen molar-refractivity contribution in [2.75, 3.05) is 6.54 Å². The number of carbonyl (C=O) groups is 7. The van der Waals surface area contributed by atoms with Crippen molar-refractivity contribution in [3.8, 4) is 0 Å². The minimum absolute atomic E-state index is 0.120. The topological polar surface area (TPSA) is 316 Å². The molecule has 17 heteroatoms. The number of primary amides is 2. The highest BCUT2D eigenvalue weighted by Crippen LogP contribution is 2.05. The van der Waals surface area contributed by atoms with Gasteiger partial charge in [-0.2, -0.15) is 0 Å². The fourth-order valence-electron chi connectivity index (χ4n) is 3.08. The predicted molar refractivity (Wildman–Crippen MR) is 133 cm³/mol. The summed E-state index contributed by atoms with van der Waals surface area (Å²) in [4.78, 5) is 82.9. The zero-order chi connectivity index (χ0) is 30.1. The van der Waals surface area contributed by atoms with Crippen LogP contribution in [0.5, 0.6) is 0 Å². The monoisotopic (exact) mass is 545 g/mol. The van der Waals surface area contributed by atoms with Gasteiger partial charge < -0.3 is 54.1 Å². The Balaban J connectivity index is 5.40. The van der Waals surface area contributed by atoms with Crippen molar-refractivity contribution in [1.29, 1.82) is 5.41 Å². The molecule has 0 heterocycles. The first-order chi connectivity index (χ1) is 18.1. The van der Waals surface area contributed by atoms with Crippen molar-refractivity contribution in [3.05, 3.63) is 0 Å². The number of aliphatic carboxylic acids is 1. The lowest BCUT2D eigenvalue weighted by Gasteiger charge is -2.23. The molecule has 4 atom stereocenters. The lowest BCUT2D eigenvalue weighted by Crippen LogP contribution is -2.55. The highest BCUT2D eigenvalue weighted by molar-refractivity contribution is 5.93. The van der Waals surface area contributed by atoms with Crippen LogP contribution in [0.2, 0.25) is 0 Å². The van der Waals surface area contributed by atoms with Crippen LogP contribution in [0.25, 0.3) is 0 Å². The van der Waals surface area contributed by atoms with E-state index in [2.05, 4.69) is 21.3 Å². The van der Waals surface area contributed by atoms with Crippen LogP contribution in [-0.2, 0) is 33.6 Å². The van der Waals surface area contributed by atoms with Crippen molar-refractivity contribution in [2.24, 2.45) is 22.9 Å². The number of carbonyl (C=O) groups excluding carboxylic acids is 6. The number of hydrogen-bond donors (Lipinski definition) is 10. The number of nitrogens with two attached hydrogens (primary N) is 4. The van der Waals surface area contributed by atoms with Crippen LogP contribution in [0.15, 0.2) is 0 Å². The molecule has 0 spiro atoms. The van der Waals surface area contributed by atoms with Crippen LogP contribution in [0.4, 0.5) is 0 Å². The number of amides is 5. The molecular weight excluding hydrogens is 506 g/mol. The van der Waals surface area contributed by atoms with Crippen molar-refractivity contribution in [1.82, 2.24) is 21.3 Å². The van der Waals surface area contributed by atoms with Gasteiger partial charge in [-0.15, -0.1) is 0 Å². The first kappa shape index (κ1) is 31.7. The summed E-state index contributed by atoms with van der Waals surface area (Å²) < 4.78 is 6.95. The summed E-state index contributed by atoms with van der Waals surface area (Å²) in [6, 6.07) is -5.18. The van der Waals surface area contributed by atoms with Crippen LogP contribution >= 0.6 is 0 Å². The smallest absolute Gasteiger partial charge is 0.303 e. The Morgan fingerprint density at radius 1 is 0.842 bits per heavy atom. The predicted octanol–water partition coefficient (Wildman–Crippen LogP) is -4.37. The summed E-state index contributed by atoms with van der Waals surface area (Å²) in [7, 11) is 0. The first-order valence-corrected chi connectivity index (χ1v) is 11.7. The van der Waals surface area contributed by atoms with Crippen LogP contribution < -0.4 is 44.2 Å². The minimum Gasteiger partial charge on any atom is -0.481 e. The molecule has 0 aromatic carbocycles. The summed E-state index contributed by atoms with van der Waals surface area (Å²) in [5.74, 6) is -5.86. The van der Waals surface area contributed by atoms with E-state index in [1.165, 1.54) is 0 Å². The Morgan fingerprint density at radius 2 is 1.42 bits per heavy atom. The zero-order valence-corrected chi connectivity index (χ0v) is 20.8. The van der Waals surface area contributed by atoms with E-state index in [1.54, 1.807) is 0 Å². The maximum Gasteiger partial charge on any atom is 0.303 e. The Kier molecular flexibility index (Phi) is 15.1. The zero-order valence-electron chi connectivity index (χ0n) is 21.8. The maximum absolute atomic E-state index is 12.9. The Bertz CT molecular complexity index is 933. The van der Waals surface area contributed by atoms with Gasteiger partial charge in [0.15, 0.2) is 5.96 Å². The number of aldehydes is 1. The van der Waals surface area contributed by atoms with Gasteiger partial charge in [-0.05, 0) is 32.1 Å². The number of carboxylic acid groups (broad SMARTS) is 1. The number of rotatable bonds is 20. The van der Waals surface area contributed by atoms with E-state index in [0.29, 0.717) is 6.42 Å². The number of guanidine groups is 1. The fourth-order valence-corrected chi connectivity index (χ4v) is 3.08. The molecule has 5 amide bonds. The second-order valence-corrected chi connectivity index (χ2v) is 8.29. The maximum atomic E-state index is 12.9. The average molecular weight is 546 g/mol. The summed E-state index contributed by atoms with van der Waals surface area (Å²) in [6.07, 6.45) is -2.61. The van der Waals surface area contributed by atoms with Crippen molar-refractivity contribution in [3.63, 3.8) is 0 Å². The van der Waals surface area contributed by atoms with Gasteiger partial charge in [0.25, 0.3) is 0 Å². The molecule has 0 aliphatic carbocycles. The molecule has 0 aromatic rings. The van der Waals surface area contributed by atoms with Gasteiger partial charge in [-0.1, -0.05) is 0 Å². The molecule has 0 radical (unpaired) electrons. The van der Waals surface area contributed by atoms with Crippen molar-refractivity contribution >= 4 is 47.7 Å². The molecule has 17 nitrogen and oxygen atoms in total. The molecule has 0 bridgehead atoms. The van der Waals surface area contributed by atoms with Crippen LogP contribution in [0, 0.1) is 5.41 Å². The number of hydrogen-bond acceptors (Lipinski definition) is 9. The van der Waals surface area contributed by atoms with Crippen LogP contribution in [0.1, 0.15) is 52.7 Å². The molecule has 0 aliphatic rings. The summed E-state index contributed by atoms with van der Waals surface area (Å²) in [6.45, 7) is 0.248. The van der Waals surface area contributed by atoms with Gasteiger partial charge in [0.05, 0.1) is 6.04 Å². The van der Waals surface area contributed by atoms with Crippen LogP contribution in [0.3, 0.4) is 0 Å². The van der Waals surface area contributed by atoms with E-state index in [1.807, 2.05) is 0 Å². The Hall–Kier alpha value is -4.28. The van der Waals surface area contributed by atoms with E-state index in [4.69, 9.17) is 34.8 Å². The van der Waals surface area contributed by atoms with E-state index in [0.717, 1.165) is 0 Å².